The molecule has 8 heteroatoms. The molecular formula is C22H22ClN5O2. The van der Waals surface area contributed by atoms with Crippen LogP contribution >= 0.6 is 11.6 Å². The van der Waals surface area contributed by atoms with Gasteiger partial charge in [0, 0.05) is 23.7 Å². The maximum Gasteiger partial charge on any atom is 0.255 e. The highest BCUT2D eigenvalue weighted by Gasteiger charge is 2.37. The van der Waals surface area contributed by atoms with E-state index in [9.17, 15) is 9.59 Å². The van der Waals surface area contributed by atoms with E-state index in [1.807, 2.05) is 18.2 Å². The summed E-state index contributed by atoms with van der Waals surface area (Å²) in [6.07, 6.45) is 7.47. The molecule has 5 rings (SSSR count). The van der Waals surface area contributed by atoms with Gasteiger partial charge in [-0.1, -0.05) is 23.7 Å². The van der Waals surface area contributed by atoms with E-state index >= 15 is 0 Å². The van der Waals surface area contributed by atoms with Crippen LogP contribution in [0.4, 0.5) is 0 Å². The Kier molecular flexibility index (Phi) is 4.90. The molecule has 0 radical (unpaired) electrons. The molecule has 2 fully saturated rings. The summed E-state index contributed by atoms with van der Waals surface area (Å²) in [5, 5.41) is 6.46. The molecule has 154 valence electrons. The molecule has 1 aromatic carbocycles. The lowest BCUT2D eigenvalue weighted by Crippen LogP contribution is -2.47. The number of nitrogens with zero attached hydrogens (tertiary/aromatic N) is 2. The fraction of sp³-hybridized carbons (Fsp3) is 0.364. The van der Waals surface area contributed by atoms with Gasteiger partial charge in [0.2, 0.25) is 5.91 Å². The summed E-state index contributed by atoms with van der Waals surface area (Å²) >= 11 is 6.01. The predicted octanol–water partition coefficient (Wildman–Crippen LogP) is 3.31. The summed E-state index contributed by atoms with van der Waals surface area (Å²) < 4.78 is 0. The average Bonchev–Trinajstić information content (AvgIpc) is 3.67. The van der Waals surface area contributed by atoms with Gasteiger partial charge in [0.15, 0.2) is 5.65 Å². The maximum atomic E-state index is 13.0. The third-order valence-electron chi connectivity index (χ3n) is 5.66. The van der Waals surface area contributed by atoms with Crippen LogP contribution in [0.15, 0.2) is 36.7 Å². The molecule has 0 aliphatic heterocycles. The lowest BCUT2D eigenvalue weighted by Gasteiger charge is -2.18. The Bertz CT molecular complexity index is 1120. The fourth-order valence-electron chi connectivity index (χ4n) is 3.65. The number of carbonyl (C=O) groups excluding carboxylic acids is 2. The zero-order chi connectivity index (χ0) is 20.7. The highest BCUT2D eigenvalue weighted by Crippen LogP contribution is 2.39. The topological polar surface area (TPSA) is 99.8 Å². The normalized spacial score (nSPS) is 17.0. The van der Waals surface area contributed by atoms with Gasteiger partial charge in [-0.25, -0.2) is 9.97 Å². The molecule has 7 nitrogen and oxygen atoms in total. The van der Waals surface area contributed by atoms with Crippen molar-refractivity contribution in [3.8, 4) is 0 Å². The molecule has 0 spiro atoms. The first kappa shape index (κ1) is 19.1. The number of hydrogen-bond acceptors (Lipinski definition) is 4. The van der Waals surface area contributed by atoms with Gasteiger partial charge in [0.05, 0.1) is 17.5 Å². The van der Waals surface area contributed by atoms with Crippen molar-refractivity contribution in [2.75, 3.05) is 0 Å². The summed E-state index contributed by atoms with van der Waals surface area (Å²) in [5.74, 6) is 0.115. The van der Waals surface area contributed by atoms with Crippen molar-refractivity contribution in [2.24, 2.45) is 5.92 Å². The molecule has 0 saturated heterocycles. The zero-order valence-electron chi connectivity index (χ0n) is 16.3. The van der Waals surface area contributed by atoms with Gasteiger partial charge < -0.3 is 15.6 Å². The largest absolute Gasteiger partial charge is 0.350 e. The molecule has 2 aliphatic rings. The second kappa shape index (κ2) is 7.72. The SMILES string of the molecule is O=C(N[C@@H](C(=O)NCc1cccc(Cl)c1)C1CC1)c1c[nH]c2ncc(C3CC3)nc12. The van der Waals surface area contributed by atoms with E-state index in [0.29, 0.717) is 34.2 Å². The standard InChI is InChI=1S/C22H22ClN5O2/c23-15-3-1-2-12(8-15)9-26-22(30)18(14-6-7-14)28-21(29)16-10-24-20-19(16)27-17(11-25-20)13-4-5-13/h1-3,8,10-11,13-14,18H,4-7,9H2,(H,24,25)(H,26,30)(H,28,29)/t18-/m1/s1. The number of hydrogen-bond donors (Lipinski definition) is 3. The van der Waals surface area contributed by atoms with Crippen LogP contribution in [0.2, 0.25) is 5.02 Å². The number of H-pyrrole nitrogens is 1. The van der Waals surface area contributed by atoms with Gasteiger partial charge in [0.25, 0.3) is 5.91 Å². The Morgan fingerprint density at radius 2 is 2.07 bits per heavy atom. The lowest BCUT2D eigenvalue weighted by atomic mass is 10.1. The van der Waals surface area contributed by atoms with Crippen molar-refractivity contribution in [3.05, 3.63) is 58.5 Å². The second-order valence-corrected chi connectivity index (χ2v) is 8.54. The highest BCUT2D eigenvalue weighted by atomic mass is 35.5. The van der Waals surface area contributed by atoms with E-state index in [1.165, 1.54) is 0 Å². The zero-order valence-corrected chi connectivity index (χ0v) is 17.1. The van der Waals surface area contributed by atoms with Gasteiger partial charge in [0.1, 0.15) is 11.6 Å². The van der Waals surface area contributed by atoms with E-state index in [1.54, 1.807) is 18.5 Å². The number of halogens is 1. The van der Waals surface area contributed by atoms with E-state index in [4.69, 9.17) is 11.6 Å². The Morgan fingerprint density at radius 1 is 1.23 bits per heavy atom. The van der Waals surface area contributed by atoms with Gasteiger partial charge in [-0.15, -0.1) is 0 Å². The number of aromatic amines is 1. The minimum Gasteiger partial charge on any atom is -0.350 e. The van der Waals surface area contributed by atoms with Crippen molar-refractivity contribution in [1.82, 2.24) is 25.6 Å². The molecule has 2 aromatic heterocycles. The number of aromatic nitrogens is 3. The molecule has 1 atom stereocenters. The van der Waals surface area contributed by atoms with Crippen LogP contribution in [0.25, 0.3) is 11.2 Å². The van der Waals surface area contributed by atoms with Crippen molar-refractivity contribution in [1.29, 1.82) is 0 Å². The van der Waals surface area contributed by atoms with Crippen LogP contribution in [0, 0.1) is 5.92 Å². The minimum absolute atomic E-state index is 0.159. The summed E-state index contributed by atoms with van der Waals surface area (Å²) in [7, 11) is 0. The van der Waals surface area contributed by atoms with Gasteiger partial charge in [-0.2, -0.15) is 0 Å². The summed E-state index contributed by atoms with van der Waals surface area (Å²) in [6.45, 7) is 0.363. The lowest BCUT2D eigenvalue weighted by molar-refractivity contribution is -0.123. The molecular weight excluding hydrogens is 402 g/mol. The molecule has 0 unspecified atom stereocenters. The maximum absolute atomic E-state index is 13.0. The molecule has 2 saturated carbocycles. The van der Waals surface area contributed by atoms with Gasteiger partial charge in [-0.05, 0) is 49.3 Å². The van der Waals surface area contributed by atoms with Crippen LogP contribution in [-0.2, 0) is 11.3 Å². The Hall–Kier alpha value is -2.93. The first-order chi connectivity index (χ1) is 14.6. The Morgan fingerprint density at radius 3 is 2.80 bits per heavy atom. The van der Waals surface area contributed by atoms with Crippen molar-refractivity contribution >= 4 is 34.6 Å². The van der Waals surface area contributed by atoms with Crippen molar-refractivity contribution < 1.29 is 9.59 Å². The van der Waals surface area contributed by atoms with E-state index in [2.05, 4.69) is 25.6 Å². The van der Waals surface area contributed by atoms with E-state index in [0.717, 1.165) is 36.9 Å². The minimum atomic E-state index is -0.568. The predicted molar refractivity (Wildman–Crippen MR) is 113 cm³/mol. The van der Waals surface area contributed by atoms with Crippen LogP contribution < -0.4 is 10.6 Å². The second-order valence-electron chi connectivity index (χ2n) is 8.10. The van der Waals surface area contributed by atoms with Crippen molar-refractivity contribution in [2.45, 2.75) is 44.2 Å². The number of amides is 2. The number of benzene rings is 1. The molecule has 30 heavy (non-hydrogen) atoms. The monoisotopic (exact) mass is 423 g/mol. The van der Waals surface area contributed by atoms with Crippen LogP contribution in [0.1, 0.15) is 53.2 Å². The molecule has 2 aliphatic carbocycles. The van der Waals surface area contributed by atoms with E-state index < -0.39 is 6.04 Å². The number of rotatable bonds is 7. The third-order valence-corrected chi connectivity index (χ3v) is 5.89. The third kappa shape index (κ3) is 4.03. The Labute approximate surface area is 178 Å². The highest BCUT2D eigenvalue weighted by molar-refractivity contribution is 6.30. The van der Waals surface area contributed by atoms with Crippen LogP contribution in [0.3, 0.4) is 0 Å². The summed E-state index contributed by atoms with van der Waals surface area (Å²) in [5.41, 5.74) is 3.40. The quantitative estimate of drug-likeness (QED) is 0.542. The number of fused-ring (bicyclic) bond motifs is 1. The smallest absolute Gasteiger partial charge is 0.255 e. The van der Waals surface area contributed by atoms with E-state index in [-0.39, 0.29) is 17.7 Å². The van der Waals surface area contributed by atoms with Gasteiger partial charge in [-0.3, -0.25) is 9.59 Å². The molecule has 3 N–H and O–H groups in total. The summed E-state index contributed by atoms with van der Waals surface area (Å²) in [6, 6.07) is 6.78. The first-order valence-corrected chi connectivity index (χ1v) is 10.6. The number of carbonyl (C=O) groups is 2. The molecule has 3 aromatic rings. The van der Waals surface area contributed by atoms with Gasteiger partial charge >= 0.3 is 0 Å². The van der Waals surface area contributed by atoms with Crippen molar-refractivity contribution in [3.63, 3.8) is 0 Å². The fourth-order valence-corrected chi connectivity index (χ4v) is 3.86. The first-order valence-electron chi connectivity index (χ1n) is 10.3. The molecule has 2 heterocycles. The molecule has 2 amide bonds. The van der Waals surface area contributed by atoms with Crippen LogP contribution in [0.5, 0.6) is 0 Å². The van der Waals surface area contributed by atoms with Crippen LogP contribution in [-0.4, -0.2) is 32.8 Å². The Balaban J connectivity index is 1.30. The molecule has 0 bridgehead atoms. The summed E-state index contributed by atoms with van der Waals surface area (Å²) in [4.78, 5) is 37.8. The average molecular weight is 424 g/mol. The number of nitrogens with one attached hydrogen (secondary N) is 3.